The van der Waals surface area contributed by atoms with E-state index in [1.165, 1.54) is 0 Å². The second-order valence-electron chi connectivity index (χ2n) is 6.70. The third-order valence-electron chi connectivity index (χ3n) is 3.95. The molecule has 0 aliphatic rings. The second kappa shape index (κ2) is 11.7. The van der Waals surface area contributed by atoms with Crippen molar-refractivity contribution in [3.8, 4) is 5.75 Å². The maximum absolute atomic E-state index is 12.2. The molecule has 7 heteroatoms. The lowest BCUT2D eigenvalue weighted by molar-refractivity contribution is -0.119. The van der Waals surface area contributed by atoms with Crippen molar-refractivity contribution in [2.24, 2.45) is 5.92 Å². The summed E-state index contributed by atoms with van der Waals surface area (Å²) in [5.74, 6) is 0.407. The predicted molar refractivity (Wildman–Crippen MR) is 115 cm³/mol. The van der Waals surface area contributed by atoms with Gasteiger partial charge in [-0.25, -0.2) is 0 Å². The quantitative estimate of drug-likeness (QED) is 0.501. The average molecular weight is 399 g/mol. The zero-order valence-corrected chi connectivity index (χ0v) is 17.2. The molecule has 0 spiro atoms. The van der Waals surface area contributed by atoms with Crippen LogP contribution in [0.3, 0.4) is 0 Å². The first kappa shape index (κ1) is 22.2. The highest BCUT2D eigenvalue weighted by molar-refractivity contribution is 5.95. The van der Waals surface area contributed by atoms with Crippen LogP contribution in [0.2, 0.25) is 0 Å². The topological polar surface area (TPSA) is 88.7 Å². The van der Waals surface area contributed by atoms with E-state index in [1.807, 2.05) is 45.0 Å². The van der Waals surface area contributed by atoms with Gasteiger partial charge in [0.25, 0.3) is 0 Å². The lowest BCUT2D eigenvalue weighted by Gasteiger charge is -2.11. The van der Waals surface area contributed by atoms with Gasteiger partial charge in [0.1, 0.15) is 12.4 Å². The smallest absolute Gasteiger partial charge is 0.243 e. The Labute approximate surface area is 171 Å². The van der Waals surface area contributed by atoms with Crippen LogP contribution in [0.25, 0.3) is 0 Å². The fourth-order valence-corrected chi connectivity index (χ4v) is 2.37. The van der Waals surface area contributed by atoms with E-state index < -0.39 is 0 Å². The van der Waals surface area contributed by atoms with Gasteiger partial charge in [-0.2, -0.15) is 0 Å². The molecule has 156 valence electrons. The molecule has 0 heterocycles. The van der Waals surface area contributed by atoms with Gasteiger partial charge >= 0.3 is 0 Å². The Bertz CT molecular complexity index is 791. The van der Waals surface area contributed by atoms with Crippen molar-refractivity contribution in [1.82, 2.24) is 0 Å². The summed E-state index contributed by atoms with van der Waals surface area (Å²) in [5, 5.41) is 8.70. The number of benzene rings is 2. The number of carbonyl (C=O) groups is 2. The van der Waals surface area contributed by atoms with E-state index >= 15 is 0 Å². The van der Waals surface area contributed by atoms with Crippen molar-refractivity contribution >= 4 is 28.9 Å². The molecule has 0 saturated carbocycles. The van der Waals surface area contributed by atoms with Crippen LogP contribution in [0.15, 0.2) is 48.5 Å². The van der Waals surface area contributed by atoms with Crippen LogP contribution in [0, 0.1) is 5.92 Å². The van der Waals surface area contributed by atoms with Crippen LogP contribution in [-0.2, 0) is 14.3 Å². The minimum atomic E-state index is -0.174. The number of rotatable bonds is 11. The predicted octanol–water partition coefficient (Wildman–Crippen LogP) is 3.75. The summed E-state index contributed by atoms with van der Waals surface area (Å²) in [7, 11) is 0. The van der Waals surface area contributed by atoms with E-state index in [2.05, 4.69) is 16.0 Å². The van der Waals surface area contributed by atoms with E-state index in [9.17, 15) is 9.59 Å². The van der Waals surface area contributed by atoms with Gasteiger partial charge in [0.15, 0.2) is 0 Å². The molecular formula is C22H29N3O4. The molecule has 0 saturated heterocycles. The Morgan fingerprint density at radius 3 is 2.28 bits per heavy atom. The maximum atomic E-state index is 12.2. The van der Waals surface area contributed by atoms with Gasteiger partial charge in [-0.3, -0.25) is 9.59 Å². The minimum absolute atomic E-state index is 0.0462. The van der Waals surface area contributed by atoms with Crippen molar-refractivity contribution in [3.05, 3.63) is 48.5 Å². The molecule has 0 aliphatic carbocycles. The van der Waals surface area contributed by atoms with Crippen molar-refractivity contribution in [2.75, 3.05) is 42.3 Å². The fraction of sp³-hybridized carbons (Fsp3) is 0.364. The molecule has 2 amide bonds. The summed E-state index contributed by atoms with van der Waals surface area (Å²) in [6, 6.07) is 14.4. The summed E-state index contributed by atoms with van der Waals surface area (Å²) < 4.78 is 10.9. The molecule has 2 aromatic rings. The van der Waals surface area contributed by atoms with Crippen molar-refractivity contribution in [3.63, 3.8) is 0 Å². The summed E-state index contributed by atoms with van der Waals surface area (Å²) in [6.07, 6.45) is 0. The second-order valence-corrected chi connectivity index (χ2v) is 6.70. The molecule has 2 rings (SSSR count). The molecule has 0 radical (unpaired) electrons. The largest absolute Gasteiger partial charge is 0.491 e. The van der Waals surface area contributed by atoms with Gasteiger partial charge in [-0.05, 0) is 43.3 Å². The Kier molecular flexibility index (Phi) is 8.98. The average Bonchev–Trinajstić information content (AvgIpc) is 2.71. The first-order valence-corrected chi connectivity index (χ1v) is 9.73. The van der Waals surface area contributed by atoms with Crippen LogP contribution < -0.4 is 20.7 Å². The fourth-order valence-electron chi connectivity index (χ4n) is 2.37. The van der Waals surface area contributed by atoms with Crippen LogP contribution in [0.5, 0.6) is 5.75 Å². The number of carbonyl (C=O) groups excluding carboxylic acids is 2. The molecule has 0 unspecified atom stereocenters. The van der Waals surface area contributed by atoms with Gasteiger partial charge in [0, 0.05) is 35.7 Å². The first-order valence-electron chi connectivity index (χ1n) is 9.73. The molecule has 2 aromatic carbocycles. The zero-order valence-electron chi connectivity index (χ0n) is 17.2. The molecule has 0 bridgehead atoms. The number of nitrogens with one attached hydrogen (secondary N) is 3. The number of anilines is 3. The van der Waals surface area contributed by atoms with Crippen molar-refractivity contribution in [1.29, 1.82) is 0 Å². The summed E-state index contributed by atoms with van der Waals surface area (Å²) in [4.78, 5) is 23.9. The zero-order chi connectivity index (χ0) is 21.1. The molecule has 0 aromatic heterocycles. The van der Waals surface area contributed by atoms with E-state index in [0.29, 0.717) is 36.9 Å². The van der Waals surface area contributed by atoms with Crippen molar-refractivity contribution in [2.45, 2.75) is 20.8 Å². The van der Waals surface area contributed by atoms with E-state index in [0.717, 1.165) is 5.69 Å². The van der Waals surface area contributed by atoms with E-state index in [-0.39, 0.29) is 24.3 Å². The first-order chi connectivity index (χ1) is 14.0. The standard InChI is InChI=1S/C22H29N3O4/c1-4-28-12-13-29-20-7-5-6-19(14-20)23-15-21(26)24-17-8-10-18(11-9-17)25-22(27)16(2)3/h5-11,14,16,23H,4,12-13,15H2,1-3H3,(H,24,26)(H,25,27). The molecule has 0 atom stereocenters. The van der Waals surface area contributed by atoms with Crippen LogP contribution >= 0.6 is 0 Å². The Hall–Kier alpha value is -3.06. The third-order valence-corrected chi connectivity index (χ3v) is 3.95. The molecule has 3 N–H and O–H groups in total. The van der Waals surface area contributed by atoms with E-state index in [4.69, 9.17) is 9.47 Å². The summed E-state index contributed by atoms with van der Waals surface area (Å²) >= 11 is 0. The molecule has 7 nitrogen and oxygen atoms in total. The van der Waals surface area contributed by atoms with Gasteiger partial charge in [-0.1, -0.05) is 19.9 Å². The van der Waals surface area contributed by atoms with Crippen molar-refractivity contribution < 1.29 is 19.1 Å². The Balaban J connectivity index is 1.78. The highest BCUT2D eigenvalue weighted by Crippen LogP contribution is 2.18. The molecule has 0 aliphatic heterocycles. The summed E-state index contributed by atoms with van der Waals surface area (Å²) in [5.41, 5.74) is 2.15. The monoisotopic (exact) mass is 399 g/mol. The minimum Gasteiger partial charge on any atom is -0.491 e. The Morgan fingerprint density at radius 2 is 1.62 bits per heavy atom. The maximum Gasteiger partial charge on any atom is 0.243 e. The molecule has 0 fully saturated rings. The normalized spacial score (nSPS) is 10.5. The number of hydrogen-bond donors (Lipinski definition) is 3. The van der Waals surface area contributed by atoms with Crippen LogP contribution in [0.1, 0.15) is 20.8 Å². The molecule has 29 heavy (non-hydrogen) atoms. The summed E-state index contributed by atoms with van der Waals surface area (Å²) in [6.45, 7) is 7.40. The van der Waals surface area contributed by atoms with Gasteiger partial charge in [0.05, 0.1) is 13.2 Å². The SMILES string of the molecule is CCOCCOc1cccc(NCC(=O)Nc2ccc(NC(=O)C(C)C)cc2)c1. The van der Waals surface area contributed by atoms with Crippen LogP contribution in [0.4, 0.5) is 17.1 Å². The van der Waals surface area contributed by atoms with Crippen LogP contribution in [-0.4, -0.2) is 38.2 Å². The Morgan fingerprint density at radius 1 is 0.931 bits per heavy atom. The molecular weight excluding hydrogens is 370 g/mol. The highest BCUT2D eigenvalue weighted by Gasteiger charge is 2.07. The number of ether oxygens (including phenoxy) is 2. The highest BCUT2D eigenvalue weighted by atomic mass is 16.5. The van der Waals surface area contributed by atoms with Gasteiger partial charge in [0.2, 0.25) is 11.8 Å². The van der Waals surface area contributed by atoms with Gasteiger partial charge in [-0.15, -0.1) is 0 Å². The lowest BCUT2D eigenvalue weighted by Crippen LogP contribution is -2.22. The third kappa shape index (κ3) is 8.23. The van der Waals surface area contributed by atoms with E-state index in [1.54, 1.807) is 24.3 Å². The number of amides is 2. The van der Waals surface area contributed by atoms with Gasteiger partial charge < -0.3 is 25.4 Å². The number of hydrogen-bond acceptors (Lipinski definition) is 5. The lowest BCUT2D eigenvalue weighted by atomic mass is 10.2.